The van der Waals surface area contributed by atoms with Crippen molar-refractivity contribution in [2.75, 3.05) is 19.4 Å². The number of amides is 1. The third kappa shape index (κ3) is 4.38. The van der Waals surface area contributed by atoms with Crippen LogP contribution in [0.4, 0.5) is 5.69 Å². The van der Waals surface area contributed by atoms with Gasteiger partial charge < -0.3 is 9.88 Å². The Morgan fingerprint density at radius 2 is 1.93 bits per heavy atom. The summed E-state index contributed by atoms with van der Waals surface area (Å²) in [6.07, 6.45) is 0. The number of carbonyl (C=O) groups is 1. The van der Waals surface area contributed by atoms with Gasteiger partial charge in [0, 0.05) is 26.3 Å². The van der Waals surface area contributed by atoms with E-state index in [-0.39, 0.29) is 10.8 Å². The van der Waals surface area contributed by atoms with Gasteiger partial charge in [0.25, 0.3) is 0 Å². The van der Waals surface area contributed by atoms with E-state index in [4.69, 9.17) is 0 Å². The maximum atomic E-state index is 12.8. The molecule has 0 unspecified atom stereocenters. The van der Waals surface area contributed by atoms with Crippen LogP contribution in [0.1, 0.15) is 19.4 Å². The molecule has 0 aliphatic rings. The minimum Gasteiger partial charge on any atom is -0.325 e. The number of anilines is 1. The first-order valence-corrected chi connectivity index (χ1v) is 11.9. The Kier molecular flexibility index (Phi) is 6.54. The molecule has 2 aromatic carbocycles. The fourth-order valence-electron chi connectivity index (χ4n) is 3.00. The van der Waals surface area contributed by atoms with Gasteiger partial charge in [0.05, 0.1) is 21.2 Å². The van der Waals surface area contributed by atoms with E-state index in [9.17, 15) is 13.2 Å². The van der Waals surface area contributed by atoms with Crippen LogP contribution in [-0.2, 0) is 21.4 Å². The van der Waals surface area contributed by atoms with Gasteiger partial charge in [-0.3, -0.25) is 4.79 Å². The first-order valence-electron chi connectivity index (χ1n) is 9.61. The third-order valence-corrected chi connectivity index (χ3v) is 7.73. The number of benzene rings is 2. The standard InChI is InChI=1S/C21H26N4O3S2/c1-6-25-19-10-8-7-9-17(19)23-21(25)29-15(3)20(26)22-18-13-16(12-11-14(18)2)30(27,28)24(4)5/h7-13,15H,6H2,1-5H3,(H,22,26)/t15-/m1/s1. The molecule has 1 N–H and O–H groups in total. The second-order valence-corrected chi connectivity index (χ2v) is 10.6. The molecule has 0 saturated carbocycles. The second-order valence-electron chi connectivity index (χ2n) is 7.14. The molecule has 3 rings (SSSR count). The number of nitrogens with one attached hydrogen (secondary N) is 1. The summed E-state index contributed by atoms with van der Waals surface area (Å²) in [6.45, 7) is 6.44. The lowest BCUT2D eigenvalue weighted by molar-refractivity contribution is -0.115. The largest absolute Gasteiger partial charge is 0.325 e. The lowest BCUT2D eigenvalue weighted by Gasteiger charge is -2.16. The van der Waals surface area contributed by atoms with Gasteiger partial charge in [-0.2, -0.15) is 0 Å². The van der Waals surface area contributed by atoms with Gasteiger partial charge >= 0.3 is 0 Å². The highest BCUT2D eigenvalue weighted by Crippen LogP contribution is 2.29. The molecule has 0 bridgehead atoms. The maximum absolute atomic E-state index is 12.8. The number of thioether (sulfide) groups is 1. The average Bonchev–Trinajstić information content (AvgIpc) is 3.06. The molecule has 0 spiro atoms. The van der Waals surface area contributed by atoms with Crippen molar-refractivity contribution in [3.05, 3.63) is 48.0 Å². The number of carbonyl (C=O) groups excluding carboxylic acids is 1. The predicted molar refractivity (Wildman–Crippen MR) is 121 cm³/mol. The minimum absolute atomic E-state index is 0.140. The molecule has 9 heteroatoms. The van der Waals surface area contributed by atoms with E-state index in [0.29, 0.717) is 5.69 Å². The van der Waals surface area contributed by atoms with Crippen LogP contribution in [0.15, 0.2) is 52.5 Å². The van der Waals surface area contributed by atoms with E-state index in [1.54, 1.807) is 12.1 Å². The zero-order valence-corrected chi connectivity index (χ0v) is 19.3. The molecule has 7 nitrogen and oxygen atoms in total. The van der Waals surface area contributed by atoms with Crippen LogP contribution in [0.25, 0.3) is 11.0 Å². The van der Waals surface area contributed by atoms with E-state index in [0.717, 1.165) is 32.6 Å². The van der Waals surface area contributed by atoms with Crippen molar-refractivity contribution < 1.29 is 13.2 Å². The van der Waals surface area contributed by atoms with Crippen LogP contribution < -0.4 is 5.32 Å². The molecule has 1 atom stereocenters. The molecule has 1 aromatic heterocycles. The van der Waals surface area contributed by atoms with Crippen molar-refractivity contribution in [1.82, 2.24) is 13.9 Å². The van der Waals surface area contributed by atoms with Crippen molar-refractivity contribution in [1.29, 1.82) is 0 Å². The Morgan fingerprint density at radius 1 is 1.23 bits per heavy atom. The molecular weight excluding hydrogens is 420 g/mol. The average molecular weight is 447 g/mol. The number of aryl methyl sites for hydroxylation is 2. The quantitative estimate of drug-likeness (QED) is 0.559. The van der Waals surface area contributed by atoms with E-state index in [2.05, 4.69) is 14.9 Å². The number of aromatic nitrogens is 2. The molecule has 0 aliphatic carbocycles. The first kappa shape index (κ1) is 22.3. The number of rotatable bonds is 7. The monoisotopic (exact) mass is 446 g/mol. The highest BCUT2D eigenvalue weighted by atomic mass is 32.2. The van der Waals surface area contributed by atoms with Crippen molar-refractivity contribution in [3.8, 4) is 0 Å². The number of sulfonamides is 1. The number of hydrogen-bond acceptors (Lipinski definition) is 5. The topological polar surface area (TPSA) is 84.3 Å². The van der Waals surface area contributed by atoms with Crippen molar-refractivity contribution in [3.63, 3.8) is 0 Å². The molecule has 0 radical (unpaired) electrons. The summed E-state index contributed by atoms with van der Waals surface area (Å²) in [7, 11) is -0.625. The van der Waals surface area contributed by atoms with E-state index >= 15 is 0 Å². The summed E-state index contributed by atoms with van der Waals surface area (Å²) in [4.78, 5) is 17.6. The zero-order chi connectivity index (χ0) is 22.1. The van der Waals surface area contributed by atoms with Gasteiger partial charge in [-0.05, 0) is 50.6 Å². The van der Waals surface area contributed by atoms with Crippen LogP contribution in [0.3, 0.4) is 0 Å². The van der Waals surface area contributed by atoms with Crippen molar-refractivity contribution in [2.24, 2.45) is 0 Å². The number of hydrogen-bond donors (Lipinski definition) is 1. The van der Waals surface area contributed by atoms with Crippen LogP contribution in [-0.4, -0.2) is 47.5 Å². The Labute approximate surface area is 181 Å². The van der Waals surface area contributed by atoms with Gasteiger partial charge in [0.1, 0.15) is 0 Å². The summed E-state index contributed by atoms with van der Waals surface area (Å²) >= 11 is 1.38. The van der Waals surface area contributed by atoms with Crippen LogP contribution in [0, 0.1) is 6.92 Å². The van der Waals surface area contributed by atoms with Gasteiger partial charge in [0.15, 0.2) is 5.16 Å². The van der Waals surface area contributed by atoms with Crippen LogP contribution in [0.2, 0.25) is 0 Å². The molecule has 3 aromatic rings. The molecule has 1 heterocycles. The second kappa shape index (κ2) is 8.79. The molecular formula is C21H26N4O3S2. The smallest absolute Gasteiger partial charge is 0.242 e. The highest BCUT2D eigenvalue weighted by Gasteiger charge is 2.22. The molecule has 1 amide bonds. The Balaban J connectivity index is 1.82. The number of fused-ring (bicyclic) bond motifs is 1. The minimum atomic E-state index is -3.58. The van der Waals surface area contributed by atoms with E-state index in [1.807, 2.05) is 45.0 Å². The molecule has 160 valence electrons. The molecule has 0 fully saturated rings. The Hall–Kier alpha value is -2.36. The zero-order valence-electron chi connectivity index (χ0n) is 17.7. The molecule has 30 heavy (non-hydrogen) atoms. The van der Waals surface area contributed by atoms with E-state index < -0.39 is 15.3 Å². The fourth-order valence-corrected chi connectivity index (χ4v) is 4.92. The SMILES string of the molecule is CCn1c(S[C@H](C)C(=O)Nc2cc(S(=O)(=O)N(C)C)ccc2C)nc2ccccc21. The molecule has 0 saturated heterocycles. The fraction of sp³-hybridized carbons (Fsp3) is 0.333. The Morgan fingerprint density at radius 3 is 2.60 bits per heavy atom. The van der Waals surface area contributed by atoms with Gasteiger partial charge in [0.2, 0.25) is 15.9 Å². The highest BCUT2D eigenvalue weighted by molar-refractivity contribution is 8.00. The van der Waals surface area contributed by atoms with Crippen LogP contribution >= 0.6 is 11.8 Å². The summed E-state index contributed by atoms with van der Waals surface area (Å²) in [6, 6.07) is 12.6. The van der Waals surface area contributed by atoms with Crippen LogP contribution in [0.5, 0.6) is 0 Å². The number of para-hydroxylation sites is 2. The number of imidazole rings is 1. The van der Waals surface area contributed by atoms with Crippen molar-refractivity contribution >= 4 is 44.4 Å². The van der Waals surface area contributed by atoms with Gasteiger partial charge in [-0.1, -0.05) is 30.0 Å². The summed E-state index contributed by atoms with van der Waals surface area (Å²) in [5.41, 5.74) is 3.21. The van der Waals surface area contributed by atoms with Gasteiger partial charge in [-0.15, -0.1) is 0 Å². The maximum Gasteiger partial charge on any atom is 0.242 e. The Bertz CT molecular complexity index is 1190. The lowest BCUT2D eigenvalue weighted by atomic mass is 10.2. The molecule has 0 aliphatic heterocycles. The predicted octanol–water partition coefficient (Wildman–Crippen LogP) is 3.73. The lowest BCUT2D eigenvalue weighted by Crippen LogP contribution is -2.25. The summed E-state index contributed by atoms with van der Waals surface area (Å²) < 4.78 is 28.1. The third-order valence-electron chi connectivity index (χ3n) is 4.83. The van der Waals surface area contributed by atoms with Crippen molar-refractivity contribution in [2.45, 2.75) is 42.6 Å². The normalized spacial score (nSPS) is 13.0. The summed E-state index contributed by atoms with van der Waals surface area (Å²) in [5.74, 6) is -0.211. The van der Waals surface area contributed by atoms with Gasteiger partial charge in [-0.25, -0.2) is 17.7 Å². The number of nitrogens with zero attached hydrogens (tertiary/aromatic N) is 3. The van der Waals surface area contributed by atoms with E-state index in [1.165, 1.54) is 31.9 Å². The first-order chi connectivity index (χ1) is 14.1. The summed E-state index contributed by atoms with van der Waals surface area (Å²) in [5, 5.41) is 3.24.